The van der Waals surface area contributed by atoms with Gasteiger partial charge in [0.1, 0.15) is 6.04 Å². The summed E-state index contributed by atoms with van der Waals surface area (Å²) in [4.78, 5) is 68.0. The predicted octanol–water partition coefficient (Wildman–Crippen LogP) is 5.43. The number of anilines is 1. The van der Waals surface area contributed by atoms with Crippen molar-refractivity contribution in [3.63, 3.8) is 0 Å². The van der Waals surface area contributed by atoms with Crippen LogP contribution < -0.4 is 5.32 Å². The molecule has 1 saturated heterocycles. The molecule has 3 atom stereocenters. The molecule has 3 aliphatic carbocycles. The lowest BCUT2D eigenvalue weighted by Crippen LogP contribution is -2.47. The highest BCUT2D eigenvalue weighted by atomic mass is 16.5. The fourth-order valence-electron chi connectivity index (χ4n) is 7.27. The van der Waals surface area contributed by atoms with Crippen molar-refractivity contribution in [2.75, 3.05) is 18.5 Å². The van der Waals surface area contributed by atoms with Crippen molar-refractivity contribution >= 4 is 35.3 Å². The number of nitrogens with one attached hydrogen (secondary N) is 1. The highest BCUT2D eigenvalue weighted by molar-refractivity contribution is 6.10. The Morgan fingerprint density at radius 2 is 1.30 bits per heavy atom. The van der Waals surface area contributed by atoms with Crippen molar-refractivity contribution in [3.8, 4) is 0 Å². The molecule has 1 aliphatic heterocycles. The van der Waals surface area contributed by atoms with E-state index in [2.05, 4.69) is 5.32 Å². The van der Waals surface area contributed by atoms with E-state index in [9.17, 15) is 24.0 Å². The van der Waals surface area contributed by atoms with Crippen LogP contribution in [0.5, 0.6) is 0 Å². The Kier molecular flexibility index (Phi) is 8.75. The van der Waals surface area contributed by atoms with E-state index >= 15 is 0 Å². The molecule has 46 heavy (non-hydrogen) atoms. The minimum absolute atomic E-state index is 0.0344. The number of nitrogens with zero attached hydrogens (tertiary/aromatic N) is 1. The molecule has 3 aromatic carbocycles. The summed E-state index contributed by atoms with van der Waals surface area (Å²) in [6, 6.07) is 21.0. The quantitative estimate of drug-likeness (QED) is 0.172. The average Bonchev–Trinajstić information content (AvgIpc) is 3.32. The summed E-state index contributed by atoms with van der Waals surface area (Å²) in [5, 5.41) is 2.65. The molecule has 3 amide bonds. The van der Waals surface area contributed by atoms with Crippen LogP contribution in [0.1, 0.15) is 84.5 Å². The second kappa shape index (κ2) is 12.9. The van der Waals surface area contributed by atoms with Gasteiger partial charge in [-0.1, -0.05) is 75.7 Å². The third kappa shape index (κ3) is 5.59. The largest absolute Gasteiger partial charge is 0.462 e. The van der Waals surface area contributed by atoms with E-state index in [1.165, 1.54) is 0 Å². The van der Waals surface area contributed by atoms with Gasteiger partial charge < -0.3 is 14.8 Å². The summed E-state index contributed by atoms with van der Waals surface area (Å²) < 4.78 is 10.6. The Labute approximate surface area is 268 Å². The molecular weight excluding hydrogens is 584 g/mol. The van der Waals surface area contributed by atoms with Crippen molar-refractivity contribution in [2.45, 2.75) is 57.9 Å². The van der Waals surface area contributed by atoms with Crippen LogP contribution in [0.4, 0.5) is 5.69 Å². The Morgan fingerprint density at radius 1 is 0.783 bits per heavy atom. The number of unbranched alkanes of at least 4 members (excludes halogenated alkanes) is 1. The lowest BCUT2D eigenvalue weighted by molar-refractivity contribution is -0.160. The van der Waals surface area contributed by atoms with Crippen molar-refractivity contribution < 1.29 is 33.4 Å². The molecule has 9 nitrogen and oxygen atoms in total. The molecule has 1 heterocycles. The van der Waals surface area contributed by atoms with Gasteiger partial charge in [-0.25, -0.2) is 9.59 Å². The SMILES string of the molecule is CCCCOC(=O)c1ccc(NC(=O)COC(=O)[C@@H](CC(C)C)N2C(=O)[C@@H]3C4c5ccccc5C(c5ccccc54)[C@@H]3C2=O)cc1. The summed E-state index contributed by atoms with van der Waals surface area (Å²) in [6.45, 7) is 5.56. The van der Waals surface area contributed by atoms with Gasteiger partial charge in [0.05, 0.1) is 24.0 Å². The van der Waals surface area contributed by atoms with Gasteiger partial charge in [-0.3, -0.25) is 19.3 Å². The molecule has 9 heteroatoms. The Bertz CT molecular complexity index is 1570. The number of likely N-dealkylation sites (tertiary alicyclic amines) is 1. The first-order valence-electron chi connectivity index (χ1n) is 16.0. The summed E-state index contributed by atoms with van der Waals surface area (Å²) in [5.74, 6) is -4.38. The fourth-order valence-corrected chi connectivity index (χ4v) is 7.27. The third-order valence-corrected chi connectivity index (χ3v) is 9.24. The number of hydrogen-bond donors (Lipinski definition) is 1. The molecule has 0 spiro atoms. The average molecular weight is 623 g/mol. The van der Waals surface area contributed by atoms with E-state index in [-0.39, 0.29) is 36.0 Å². The number of carbonyl (C=O) groups is 5. The minimum atomic E-state index is -1.15. The standard InChI is InChI=1S/C37H38N2O7/c1-4-5-18-45-36(43)22-14-16-23(17-15-22)38-29(40)20-46-37(44)28(19-21(2)3)39-34(41)32-30-24-10-6-7-11-25(24)31(33(32)35(39)42)27-13-9-8-12-26(27)30/h6-17,21,28,30-33H,4-5,18-20H2,1-3H3,(H,38,40)/t28-,30?,31?,32-,33+/m1/s1. The third-order valence-electron chi connectivity index (χ3n) is 9.24. The molecule has 2 bridgehead atoms. The number of hydrogen-bond acceptors (Lipinski definition) is 7. The maximum atomic E-state index is 14.2. The zero-order valence-electron chi connectivity index (χ0n) is 26.2. The molecule has 0 unspecified atom stereocenters. The van der Waals surface area contributed by atoms with Crippen LogP contribution in [0.25, 0.3) is 0 Å². The summed E-state index contributed by atoms with van der Waals surface area (Å²) >= 11 is 0. The van der Waals surface area contributed by atoms with Crippen molar-refractivity contribution in [2.24, 2.45) is 17.8 Å². The molecular formula is C37H38N2O7. The zero-order chi connectivity index (χ0) is 32.5. The second-order valence-electron chi connectivity index (χ2n) is 12.7. The highest BCUT2D eigenvalue weighted by Crippen LogP contribution is 2.61. The van der Waals surface area contributed by atoms with Crippen LogP contribution in [-0.2, 0) is 28.7 Å². The van der Waals surface area contributed by atoms with Crippen LogP contribution in [0.15, 0.2) is 72.8 Å². The van der Waals surface area contributed by atoms with Crippen LogP contribution in [0, 0.1) is 17.8 Å². The highest BCUT2D eigenvalue weighted by Gasteiger charge is 2.63. The van der Waals surface area contributed by atoms with Gasteiger partial charge in [-0.2, -0.15) is 0 Å². The van der Waals surface area contributed by atoms with E-state index in [4.69, 9.17) is 9.47 Å². The zero-order valence-corrected chi connectivity index (χ0v) is 26.2. The molecule has 3 aromatic rings. The lowest BCUT2D eigenvalue weighted by atomic mass is 9.55. The van der Waals surface area contributed by atoms with Gasteiger partial charge in [0.25, 0.3) is 5.91 Å². The molecule has 238 valence electrons. The van der Waals surface area contributed by atoms with Crippen LogP contribution in [0.3, 0.4) is 0 Å². The summed E-state index contributed by atoms with van der Waals surface area (Å²) in [7, 11) is 0. The van der Waals surface area contributed by atoms with Gasteiger partial charge >= 0.3 is 11.9 Å². The molecule has 1 N–H and O–H groups in total. The summed E-state index contributed by atoms with van der Waals surface area (Å²) in [5.41, 5.74) is 4.98. The first-order valence-corrected chi connectivity index (χ1v) is 16.0. The number of benzene rings is 3. The lowest BCUT2D eigenvalue weighted by Gasteiger charge is -2.45. The van der Waals surface area contributed by atoms with E-state index in [1.54, 1.807) is 24.3 Å². The van der Waals surface area contributed by atoms with E-state index in [0.29, 0.717) is 17.9 Å². The maximum absolute atomic E-state index is 14.2. The van der Waals surface area contributed by atoms with Gasteiger partial charge in [0.2, 0.25) is 11.8 Å². The molecule has 4 aliphatic rings. The van der Waals surface area contributed by atoms with Crippen molar-refractivity contribution in [1.29, 1.82) is 0 Å². The smallest absolute Gasteiger partial charge is 0.338 e. The van der Waals surface area contributed by atoms with E-state index in [1.807, 2.05) is 69.3 Å². The number of amides is 3. The fraction of sp³-hybridized carbons (Fsp3) is 0.378. The first-order chi connectivity index (χ1) is 22.2. The Balaban J connectivity index is 1.16. The van der Waals surface area contributed by atoms with Gasteiger partial charge in [0.15, 0.2) is 6.61 Å². The number of imide groups is 1. The van der Waals surface area contributed by atoms with Crippen LogP contribution >= 0.6 is 0 Å². The number of carbonyl (C=O) groups excluding carboxylic acids is 5. The first kappa shape index (κ1) is 31.2. The number of rotatable bonds is 11. The van der Waals surface area contributed by atoms with E-state index in [0.717, 1.165) is 40.0 Å². The minimum Gasteiger partial charge on any atom is -0.462 e. The molecule has 7 rings (SSSR count). The number of ether oxygens (including phenoxy) is 2. The van der Waals surface area contributed by atoms with Gasteiger partial charge in [0, 0.05) is 17.5 Å². The van der Waals surface area contributed by atoms with Gasteiger partial charge in [-0.15, -0.1) is 0 Å². The summed E-state index contributed by atoms with van der Waals surface area (Å²) in [6.07, 6.45) is 1.90. The number of esters is 2. The van der Waals surface area contributed by atoms with Crippen molar-refractivity contribution in [1.82, 2.24) is 4.90 Å². The molecule has 0 radical (unpaired) electrons. The monoisotopic (exact) mass is 622 g/mol. The Morgan fingerprint density at radius 3 is 1.78 bits per heavy atom. The van der Waals surface area contributed by atoms with E-state index < -0.39 is 42.3 Å². The molecule has 0 saturated carbocycles. The maximum Gasteiger partial charge on any atom is 0.338 e. The van der Waals surface area contributed by atoms with Crippen molar-refractivity contribution in [3.05, 3.63) is 101 Å². The predicted molar refractivity (Wildman–Crippen MR) is 170 cm³/mol. The topological polar surface area (TPSA) is 119 Å². The second-order valence-corrected chi connectivity index (χ2v) is 12.7. The molecule has 1 fully saturated rings. The van der Waals surface area contributed by atoms with Crippen LogP contribution in [-0.4, -0.2) is 53.8 Å². The Hall–Kier alpha value is -4.79. The molecule has 0 aromatic heterocycles. The van der Waals surface area contributed by atoms with Gasteiger partial charge in [-0.05, 0) is 65.3 Å². The van der Waals surface area contributed by atoms with Crippen LogP contribution in [0.2, 0.25) is 0 Å². The normalized spacial score (nSPS) is 21.3.